The van der Waals surface area contributed by atoms with Gasteiger partial charge in [-0.3, -0.25) is 4.90 Å². The molecule has 1 aliphatic heterocycles. The number of ether oxygens (including phenoxy) is 2. The summed E-state index contributed by atoms with van der Waals surface area (Å²) in [5.41, 5.74) is 2.10. The largest absolute Gasteiger partial charge is 0.467 e. The van der Waals surface area contributed by atoms with Crippen LogP contribution in [-0.2, 0) is 16.0 Å². The number of nitrogens with zero attached hydrogens (tertiary/aromatic N) is 5. The first-order chi connectivity index (χ1) is 17.6. The lowest BCUT2D eigenvalue weighted by Gasteiger charge is -2.34. The maximum absolute atomic E-state index is 13.8. The van der Waals surface area contributed by atoms with Crippen LogP contribution in [0.15, 0.2) is 78.9 Å². The van der Waals surface area contributed by atoms with E-state index in [2.05, 4.69) is 16.4 Å². The lowest BCUT2D eigenvalue weighted by Crippen LogP contribution is -2.50. The molecule has 1 unspecified atom stereocenters. The van der Waals surface area contributed by atoms with Crippen LogP contribution in [0.3, 0.4) is 0 Å². The average molecular weight is 479 g/mol. The maximum Gasteiger partial charge on any atom is 0.352 e. The quantitative estimate of drug-likeness (QED) is 0.394. The molecule has 0 spiro atoms. The van der Waals surface area contributed by atoms with Gasteiger partial charge in [0, 0.05) is 11.3 Å². The molecule has 36 heavy (non-hydrogen) atoms. The third-order valence-corrected chi connectivity index (χ3v) is 6.00. The fourth-order valence-corrected chi connectivity index (χ4v) is 4.31. The Bertz CT molecular complexity index is 1480. The second-order valence-electron chi connectivity index (χ2n) is 8.08. The van der Waals surface area contributed by atoms with E-state index in [-0.39, 0.29) is 11.4 Å². The summed E-state index contributed by atoms with van der Waals surface area (Å²) >= 11 is 0. The van der Waals surface area contributed by atoms with Crippen LogP contribution < -0.4 is 9.64 Å². The predicted octanol–water partition coefficient (Wildman–Crippen LogP) is 4.57. The molecule has 0 fully saturated rings. The summed E-state index contributed by atoms with van der Waals surface area (Å²) in [4.78, 5) is 27.7. The van der Waals surface area contributed by atoms with Gasteiger partial charge in [-0.2, -0.15) is 5.26 Å². The molecule has 0 saturated heterocycles. The second-order valence-corrected chi connectivity index (χ2v) is 8.08. The number of amides is 1. The number of rotatable bonds is 4. The molecule has 1 amide bonds. The molecule has 3 aromatic carbocycles. The zero-order chi connectivity index (χ0) is 25.1. The number of hydrogen-bond donors (Lipinski definition) is 0. The molecule has 4 aromatic rings. The number of aromatic nitrogens is 3. The number of benzene rings is 3. The Hall–Kier alpha value is -4.97. The fraction of sp³-hybridized carbons (Fsp3) is 0.148. The molecular weight excluding hydrogens is 458 g/mol. The van der Waals surface area contributed by atoms with Gasteiger partial charge >= 0.3 is 12.0 Å². The van der Waals surface area contributed by atoms with Gasteiger partial charge < -0.3 is 9.47 Å². The van der Waals surface area contributed by atoms with Crippen LogP contribution in [0.25, 0.3) is 11.3 Å². The SMILES string of the molecule is COC(=O)C1CCc2ccccc2N1C(=O)n1nnc(-c2ccccc2Oc2ccccc2)c1C#N. The number of carbonyl (C=O) groups is 2. The van der Waals surface area contributed by atoms with Crippen LogP contribution in [0.2, 0.25) is 0 Å². The van der Waals surface area contributed by atoms with Gasteiger partial charge in [-0.05, 0) is 48.7 Å². The van der Waals surface area contributed by atoms with E-state index in [0.717, 1.165) is 10.2 Å². The van der Waals surface area contributed by atoms with Gasteiger partial charge in [0.1, 0.15) is 29.3 Å². The van der Waals surface area contributed by atoms with Crippen LogP contribution in [0.1, 0.15) is 17.7 Å². The Kier molecular flexibility index (Phi) is 6.16. The Balaban J connectivity index is 1.57. The van der Waals surface area contributed by atoms with Gasteiger partial charge in [0.2, 0.25) is 0 Å². The molecule has 178 valence electrons. The first kappa shape index (κ1) is 22.8. The number of aryl methyl sites for hydroxylation is 1. The molecule has 0 aliphatic carbocycles. The van der Waals surface area contributed by atoms with E-state index in [1.807, 2.05) is 42.5 Å². The van der Waals surface area contributed by atoms with E-state index < -0.39 is 18.0 Å². The van der Waals surface area contributed by atoms with Crippen molar-refractivity contribution in [3.05, 3.63) is 90.1 Å². The number of hydrogen-bond acceptors (Lipinski definition) is 7. The summed E-state index contributed by atoms with van der Waals surface area (Å²) in [7, 11) is 1.28. The summed E-state index contributed by atoms with van der Waals surface area (Å²) in [5.74, 6) is 0.520. The second kappa shape index (κ2) is 9.72. The molecular formula is C27H21N5O4. The lowest BCUT2D eigenvalue weighted by atomic mass is 9.96. The van der Waals surface area contributed by atoms with Crippen molar-refractivity contribution >= 4 is 17.7 Å². The van der Waals surface area contributed by atoms with Crippen molar-refractivity contribution in [2.24, 2.45) is 0 Å². The third kappa shape index (κ3) is 4.05. The highest BCUT2D eigenvalue weighted by atomic mass is 16.5. The monoisotopic (exact) mass is 479 g/mol. The van der Waals surface area contributed by atoms with E-state index >= 15 is 0 Å². The molecule has 9 nitrogen and oxygen atoms in total. The molecule has 0 N–H and O–H groups in total. The van der Waals surface area contributed by atoms with Crippen molar-refractivity contribution in [3.63, 3.8) is 0 Å². The van der Waals surface area contributed by atoms with Crippen molar-refractivity contribution < 1.29 is 19.1 Å². The van der Waals surface area contributed by atoms with Crippen LogP contribution >= 0.6 is 0 Å². The molecule has 0 radical (unpaired) electrons. The van der Waals surface area contributed by atoms with Crippen molar-refractivity contribution in [1.29, 1.82) is 5.26 Å². The molecule has 1 atom stereocenters. The Morgan fingerprint density at radius 3 is 2.50 bits per heavy atom. The number of carbonyl (C=O) groups excluding carboxylic acids is 2. The van der Waals surface area contributed by atoms with E-state index in [0.29, 0.717) is 35.6 Å². The summed E-state index contributed by atoms with van der Waals surface area (Å²) in [5, 5.41) is 18.2. The zero-order valence-corrected chi connectivity index (χ0v) is 19.4. The van der Waals surface area contributed by atoms with Crippen LogP contribution in [-0.4, -0.2) is 40.1 Å². The smallest absolute Gasteiger partial charge is 0.352 e. The molecule has 2 heterocycles. The lowest BCUT2D eigenvalue weighted by molar-refractivity contribution is -0.142. The molecule has 0 bridgehead atoms. The van der Waals surface area contributed by atoms with Crippen molar-refractivity contribution in [2.45, 2.75) is 18.9 Å². The molecule has 1 aromatic heterocycles. The zero-order valence-electron chi connectivity index (χ0n) is 19.4. The molecule has 0 saturated carbocycles. The minimum absolute atomic E-state index is 0.0733. The van der Waals surface area contributed by atoms with Gasteiger partial charge in [-0.1, -0.05) is 53.7 Å². The summed E-state index contributed by atoms with van der Waals surface area (Å²) in [6.07, 6.45) is 0.990. The number of esters is 1. The van der Waals surface area contributed by atoms with Crippen LogP contribution in [0.5, 0.6) is 11.5 Å². The number of anilines is 1. The summed E-state index contributed by atoms with van der Waals surface area (Å²) < 4.78 is 11.9. The van der Waals surface area contributed by atoms with Gasteiger partial charge in [0.25, 0.3) is 0 Å². The number of fused-ring (bicyclic) bond motifs is 1. The standard InChI is InChI=1S/C27H21N5O4/c1-35-26(33)22-16-15-18-9-5-7-13-21(18)31(22)27(34)32-23(17-28)25(29-30-32)20-12-6-8-14-24(20)36-19-10-3-2-4-11-19/h2-14,22H,15-16H2,1H3. The van der Waals surface area contributed by atoms with E-state index in [4.69, 9.17) is 9.47 Å². The highest BCUT2D eigenvalue weighted by Gasteiger charge is 2.38. The molecule has 1 aliphatic rings. The number of nitriles is 1. The highest BCUT2D eigenvalue weighted by Crippen LogP contribution is 2.35. The van der Waals surface area contributed by atoms with Gasteiger partial charge in [-0.15, -0.1) is 9.78 Å². The van der Waals surface area contributed by atoms with E-state index in [1.54, 1.807) is 36.4 Å². The third-order valence-electron chi connectivity index (χ3n) is 6.00. The fourth-order valence-electron chi connectivity index (χ4n) is 4.31. The van der Waals surface area contributed by atoms with Crippen LogP contribution in [0, 0.1) is 11.3 Å². The van der Waals surface area contributed by atoms with Crippen molar-refractivity contribution in [3.8, 4) is 28.8 Å². The van der Waals surface area contributed by atoms with E-state index in [9.17, 15) is 14.9 Å². The molecule has 9 heteroatoms. The van der Waals surface area contributed by atoms with E-state index in [1.165, 1.54) is 12.0 Å². The average Bonchev–Trinajstić information content (AvgIpc) is 3.36. The minimum atomic E-state index is -0.856. The molecule has 5 rings (SSSR count). The normalized spacial score (nSPS) is 14.4. The Labute approximate surface area is 207 Å². The first-order valence-electron chi connectivity index (χ1n) is 11.3. The van der Waals surface area contributed by atoms with Crippen molar-refractivity contribution in [2.75, 3.05) is 12.0 Å². The maximum atomic E-state index is 13.8. The topological polar surface area (TPSA) is 110 Å². The number of methoxy groups -OCH3 is 1. The highest BCUT2D eigenvalue weighted by molar-refractivity contribution is 6.01. The summed E-state index contributed by atoms with van der Waals surface area (Å²) in [6.45, 7) is 0. The van der Waals surface area contributed by atoms with Gasteiger partial charge in [0.05, 0.1) is 7.11 Å². The summed E-state index contributed by atoms with van der Waals surface area (Å²) in [6, 6.07) is 24.1. The first-order valence-corrected chi connectivity index (χ1v) is 11.3. The van der Waals surface area contributed by atoms with Crippen molar-refractivity contribution in [1.82, 2.24) is 15.0 Å². The predicted molar refractivity (Wildman–Crippen MR) is 131 cm³/mol. The van der Waals surface area contributed by atoms with Gasteiger partial charge in [-0.25, -0.2) is 9.59 Å². The minimum Gasteiger partial charge on any atom is -0.467 e. The Morgan fingerprint density at radius 1 is 1.00 bits per heavy atom. The van der Waals surface area contributed by atoms with Crippen LogP contribution in [0.4, 0.5) is 10.5 Å². The number of para-hydroxylation sites is 3. The Morgan fingerprint density at radius 2 is 1.72 bits per heavy atom. The van der Waals surface area contributed by atoms with Gasteiger partial charge in [0.15, 0.2) is 5.69 Å².